The van der Waals surface area contributed by atoms with Crippen LogP contribution in [0.5, 0.6) is 0 Å². The van der Waals surface area contributed by atoms with Gasteiger partial charge >= 0.3 is 0 Å². The van der Waals surface area contributed by atoms with Gasteiger partial charge in [0.15, 0.2) is 9.99 Å². The van der Waals surface area contributed by atoms with E-state index in [1.54, 1.807) is 6.20 Å². The standard InChI is InChI=1S/C10H12N2OS2/c1-2-3-7-15(13)10-12-9-8(14-10)5-4-6-11-9/h4-6H,2-3,7H2,1H3/t15-/m0/s1. The zero-order valence-corrected chi connectivity index (χ0v) is 10.1. The summed E-state index contributed by atoms with van der Waals surface area (Å²) < 4.78 is 13.5. The predicted molar refractivity (Wildman–Crippen MR) is 63.6 cm³/mol. The molecule has 5 heteroatoms. The Morgan fingerprint density at radius 2 is 2.40 bits per heavy atom. The number of unbranched alkanes of at least 4 members (excludes halogenated alkanes) is 1. The lowest BCUT2D eigenvalue weighted by Gasteiger charge is -1.93. The second kappa shape index (κ2) is 4.81. The summed E-state index contributed by atoms with van der Waals surface area (Å²) in [5.74, 6) is 0.705. The van der Waals surface area contributed by atoms with E-state index in [0.29, 0.717) is 15.7 Å². The van der Waals surface area contributed by atoms with Gasteiger partial charge in [-0.3, -0.25) is 4.21 Å². The lowest BCUT2D eigenvalue weighted by atomic mass is 10.4. The van der Waals surface area contributed by atoms with Crippen LogP contribution in [0.15, 0.2) is 22.7 Å². The number of rotatable bonds is 4. The molecule has 0 N–H and O–H groups in total. The lowest BCUT2D eigenvalue weighted by molar-refractivity contribution is 0.679. The van der Waals surface area contributed by atoms with Crippen molar-refractivity contribution < 1.29 is 4.21 Å². The fraction of sp³-hybridized carbons (Fsp3) is 0.400. The molecule has 0 amide bonds. The van der Waals surface area contributed by atoms with Crippen LogP contribution in [0.25, 0.3) is 10.3 Å². The molecule has 0 aliphatic rings. The number of nitrogens with zero attached hydrogens (tertiary/aromatic N) is 2. The summed E-state index contributed by atoms with van der Waals surface area (Å²) in [6.45, 7) is 2.09. The molecule has 2 aromatic heterocycles. The first kappa shape index (κ1) is 10.7. The molecule has 0 saturated heterocycles. The van der Waals surface area contributed by atoms with Gasteiger partial charge in [-0.15, -0.1) is 11.3 Å². The van der Waals surface area contributed by atoms with E-state index in [4.69, 9.17) is 0 Å². The van der Waals surface area contributed by atoms with Crippen molar-refractivity contribution in [2.75, 3.05) is 5.75 Å². The van der Waals surface area contributed by atoms with Crippen molar-refractivity contribution in [3.8, 4) is 0 Å². The van der Waals surface area contributed by atoms with E-state index in [1.165, 1.54) is 11.3 Å². The minimum atomic E-state index is -0.949. The van der Waals surface area contributed by atoms with E-state index < -0.39 is 10.8 Å². The molecule has 0 aromatic carbocycles. The number of hydrogen-bond donors (Lipinski definition) is 0. The second-order valence-electron chi connectivity index (χ2n) is 3.21. The smallest absolute Gasteiger partial charge is 0.183 e. The molecule has 0 unspecified atom stereocenters. The largest absolute Gasteiger partial charge is 0.252 e. The Balaban J connectivity index is 2.25. The van der Waals surface area contributed by atoms with Crippen LogP contribution in [-0.2, 0) is 10.8 Å². The van der Waals surface area contributed by atoms with Crippen molar-refractivity contribution in [1.29, 1.82) is 0 Å². The first-order valence-electron chi connectivity index (χ1n) is 4.91. The molecule has 2 aromatic rings. The predicted octanol–water partition coefficient (Wildman–Crippen LogP) is 2.60. The molecular weight excluding hydrogens is 228 g/mol. The highest BCUT2D eigenvalue weighted by molar-refractivity contribution is 7.87. The zero-order valence-electron chi connectivity index (χ0n) is 8.47. The molecule has 1 atom stereocenters. The summed E-state index contributed by atoms with van der Waals surface area (Å²) in [5.41, 5.74) is 0.711. The molecule has 0 aliphatic carbocycles. The summed E-state index contributed by atoms with van der Waals surface area (Å²) in [6.07, 6.45) is 3.76. The maximum absolute atomic E-state index is 11.8. The van der Waals surface area contributed by atoms with Gasteiger partial charge in [0.25, 0.3) is 0 Å². The number of aromatic nitrogens is 2. The average molecular weight is 240 g/mol. The topological polar surface area (TPSA) is 42.9 Å². The van der Waals surface area contributed by atoms with E-state index in [1.807, 2.05) is 12.1 Å². The summed E-state index contributed by atoms with van der Waals surface area (Å²) in [6, 6.07) is 3.83. The number of thiazole rings is 1. The summed E-state index contributed by atoms with van der Waals surface area (Å²) in [5, 5.41) is 0. The summed E-state index contributed by atoms with van der Waals surface area (Å²) in [4.78, 5) is 8.40. The third kappa shape index (κ3) is 2.41. The Kier molecular flexibility index (Phi) is 3.43. The third-order valence-electron chi connectivity index (χ3n) is 2.02. The van der Waals surface area contributed by atoms with Crippen LogP contribution in [0.2, 0.25) is 0 Å². The normalized spacial score (nSPS) is 13.1. The molecule has 2 rings (SSSR count). The molecule has 15 heavy (non-hydrogen) atoms. The van der Waals surface area contributed by atoms with Crippen LogP contribution in [0.4, 0.5) is 0 Å². The van der Waals surface area contributed by atoms with Gasteiger partial charge in [0.05, 0.1) is 15.5 Å². The van der Waals surface area contributed by atoms with Crippen LogP contribution in [-0.4, -0.2) is 19.9 Å². The quantitative estimate of drug-likeness (QED) is 0.825. The minimum absolute atomic E-state index is 0.705. The summed E-state index contributed by atoms with van der Waals surface area (Å²) in [7, 11) is -0.949. The average Bonchev–Trinajstić information content (AvgIpc) is 2.69. The first-order valence-corrected chi connectivity index (χ1v) is 7.04. The summed E-state index contributed by atoms with van der Waals surface area (Å²) >= 11 is 1.48. The van der Waals surface area contributed by atoms with Crippen molar-refractivity contribution in [2.24, 2.45) is 0 Å². The van der Waals surface area contributed by atoms with Crippen LogP contribution in [0.3, 0.4) is 0 Å². The van der Waals surface area contributed by atoms with Gasteiger partial charge in [-0.2, -0.15) is 0 Å². The molecule has 0 radical (unpaired) electrons. The van der Waals surface area contributed by atoms with Gasteiger partial charge in [0.2, 0.25) is 0 Å². The van der Waals surface area contributed by atoms with Crippen LogP contribution >= 0.6 is 11.3 Å². The van der Waals surface area contributed by atoms with Crippen molar-refractivity contribution in [1.82, 2.24) is 9.97 Å². The monoisotopic (exact) mass is 240 g/mol. The molecular formula is C10H12N2OS2. The molecule has 3 nitrogen and oxygen atoms in total. The van der Waals surface area contributed by atoms with Gasteiger partial charge in [0, 0.05) is 11.9 Å². The molecule has 2 heterocycles. The number of pyridine rings is 1. The maximum atomic E-state index is 11.8. The highest BCUT2D eigenvalue weighted by Gasteiger charge is 2.10. The highest BCUT2D eigenvalue weighted by Crippen LogP contribution is 2.22. The Labute approximate surface area is 95.0 Å². The van der Waals surface area contributed by atoms with E-state index in [9.17, 15) is 4.21 Å². The number of fused-ring (bicyclic) bond motifs is 1. The third-order valence-corrected chi connectivity index (χ3v) is 4.78. The molecule has 0 aliphatic heterocycles. The van der Waals surface area contributed by atoms with E-state index in [2.05, 4.69) is 16.9 Å². The van der Waals surface area contributed by atoms with Crippen LogP contribution < -0.4 is 0 Å². The van der Waals surface area contributed by atoms with Gasteiger partial charge in [-0.25, -0.2) is 9.97 Å². The molecule has 80 valence electrons. The van der Waals surface area contributed by atoms with E-state index in [0.717, 1.165) is 17.5 Å². The van der Waals surface area contributed by atoms with Gasteiger partial charge in [-0.1, -0.05) is 13.3 Å². The fourth-order valence-corrected chi connectivity index (χ4v) is 3.67. The van der Waals surface area contributed by atoms with Gasteiger partial charge in [0.1, 0.15) is 0 Å². The molecule has 0 spiro atoms. The zero-order chi connectivity index (χ0) is 10.7. The van der Waals surface area contributed by atoms with E-state index in [-0.39, 0.29) is 0 Å². The number of hydrogen-bond acceptors (Lipinski definition) is 4. The SMILES string of the molecule is CCCC[S@](=O)c1nc2ncccc2s1. The van der Waals surface area contributed by atoms with Crippen LogP contribution in [0.1, 0.15) is 19.8 Å². The Bertz CT molecular complexity index is 448. The van der Waals surface area contributed by atoms with Crippen LogP contribution in [0, 0.1) is 0 Å². The molecule has 0 fully saturated rings. The first-order chi connectivity index (χ1) is 7.31. The maximum Gasteiger partial charge on any atom is 0.183 e. The van der Waals surface area contributed by atoms with Crippen molar-refractivity contribution in [3.63, 3.8) is 0 Å². The Hall–Kier alpha value is -0.810. The molecule has 0 bridgehead atoms. The van der Waals surface area contributed by atoms with Gasteiger partial charge < -0.3 is 0 Å². The van der Waals surface area contributed by atoms with Crippen molar-refractivity contribution in [2.45, 2.75) is 24.1 Å². The van der Waals surface area contributed by atoms with Gasteiger partial charge in [-0.05, 0) is 18.6 Å². The Morgan fingerprint density at radius 1 is 1.53 bits per heavy atom. The highest BCUT2D eigenvalue weighted by atomic mass is 32.2. The Morgan fingerprint density at radius 3 is 3.13 bits per heavy atom. The second-order valence-corrected chi connectivity index (χ2v) is 5.98. The lowest BCUT2D eigenvalue weighted by Crippen LogP contribution is -1.96. The minimum Gasteiger partial charge on any atom is -0.252 e. The van der Waals surface area contributed by atoms with Crippen molar-refractivity contribution >= 4 is 32.5 Å². The molecule has 0 saturated carbocycles. The fourth-order valence-electron chi connectivity index (χ4n) is 1.21. The van der Waals surface area contributed by atoms with E-state index >= 15 is 0 Å². The van der Waals surface area contributed by atoms with Crippen molar-refractivity contribution in [3.05, 3.63) is 18.3 Å².